The van der Waals surface area contributed by atoms with Crippen molar-refractivity contribution in [2.45, 2.75) is 26.3 Å². The Hall–Kier alpha value is -2.12. The monoisotopic (exact) mass is 391 g/mol. The Balaban J connectivity index is 1.78. The molecule has 1 saturated heterocycles. The third-order valence-electron chi connectivity index (χ3n) is 4.99. The number of carbonyl (C=O) groups excluding carboxylic acids is 1. The van der Waals surface area contributed by atoms with Crippen molar-refractivity contribution in [3.8, 4) is 0 Å². The fourth-order valence-electron chi connectivity index (χ4n) is 3.66. The number of benzene rings is 1. The zero-order chi connectivity index (χ0) is 18.6. The largest absolute Gasteiger partial charge is 0.321 e. The van der Waals surface area contributed by atoms with Crippen molar-refractivity contribution in [2.24, 2.45) is 0 Å². The van der Waals surface area contributed by atoms with Gasteiger partial charge in [-0.2, -0.15) is 5.10 Å². The summed E-state index contributed by atoms with van der Waals surface area (Å²) in [6.45, 7) is 3.77. The van der Waals surface area contributed by atoms with Gasteiger partial charge >= 0.3 is 0 Å². The minimum absolute atomic E-state index is 0.115. The molecule has 1 aromatic heterocycles. The van der Waals surface area contributed by atoms with E-state index in [1.54, 1.807) is 22.9 Å². The minimum Gasteiger partial charge on any atom is -0.321 e. The summed E-state index contributed by atoms with van der Waals surface area (Å²) < 4.78 is 25.4. The molecule has 136 valence electrons. The molecule has 0 spiro atoms. The Morgan fingerprint density at radius 3 is 2.81 bits per heavy atom. The summed E-state index contributed by atoms with van der Waals surface area (Å²) in [5.74, 6) is 0.127. The van der Waals surface area contributed by atoms with E-state index in [0.29, 0.717) is 17.0 Å². The van der Waals surface area contributed by atoms with Crippen LogP contribution in [-0.4, -0.2) is 35.6 Å². The number of nitrogens with one attached hydrogen (secondary N) is 1. The maximum atomic E-state index is 12.4. The van der Waals surface area contributed by atoms with E-state index in [0.717, 1.165) is 28.2 Å². The predicted molar refractivity (Wildman–Crippen MR) is 102 cm³/mol. The summed E-state index contributed by atoms with van der Waals surface area (Å²) in [6, 6.07) is 5.13. The van der Waals surface area contributed by atoms with Gasteiger partial charge in [-0.1, -0.05) is 11.6 Å². The predicted octanol–water partition coefficient (Wildman–Crippen LogP) is 3.01. The molecule has 0 saturated carbocycles. The number of halogens is 1. The summed E-state index contributed by atoms with van der Waals surface area (Å²) in [5, 5.41) is 7.94. The normalized spacial score (nSPS) is 22.7. The number of aryl methyl sites for hydroxylation is 1. The first-order valence-corrected chi connectivity index (χ1v) is 10.5. The number of hydrogen-bond acceptors (Lipinski definition) is 4. The Morgan fingerprint density at radius 1 is 1.35 bits per heavy atom. The van der Waals surface area contributed by atoms with Crippen molar-refractivity contribution in [2.75, 3.05) is 16.8 Å². The first kappa shape index (κ1) is 17.3. The molecular weight excluding hydrogens is 374 g/mol. The molecule has 8 heteroatoms. The van der Waals surface area contributed by atoms with Crippen molar-refractivity contribution >= 4 is 44.7 Å². The highest BCUT2D eigenvalue weighted by Crippen LogP contribution is 2.36. The molecule has 1 atom stereocenters. The second-order valence-corrected chi connectivity index (χ2v) is 9.45. The van der Waals surface area contributed by atoms with Gasteiger partial charge in [-0.25, -0.2) is 8.42 Å². The number of nitrogens with zero attached hydrogens (tertiary/aromatic N) is 2. The highest BCUT2D eigenvalue weighted by Gasteiger charge is 2.32. The number of amides is 1. The van der Waals surface area contributed by atoms with Crippen molar-refractivity contribution in [3.63, 3.8) is 0 Å². The molecule has 1 fully saturated rings. The molecule has 1 N–H and O–H groups in total. The number of anilines is 1. The van der Waals surface area contributed by atoms with Gasteiger partial charge < -0.3 is 5.32 Å². The van der Waals surface area contributed by atoms with Crippen molar-refractivity contribution in [1.82, 2.24) is 9.78 Å². The van der Waals surface area contributed by atoms with Gasteiger partial charge in [0.25, 0.3) is 5.91 Å². The Morgan fingerprint density at radius 2 is 2.12 bits per heavy atom. The van der Waals surface area contributed by atoms with Gasteiger partial charge in [0.1, 0.15) is 0 Å². The lowest BCUT2D eigenvalue weighted by atomic mass is 10.0. The van der Waals surface area contributed by atoms with Gasteiger partial charge in [0.15, 0.2) is 9.84 Å². The van der Waals surface area contributed by atoms with Crippen LogP contribution in [0.1, 0.15) is 35.0 Å². The average Bonchev–Trinajstić information content (AvgIpc) is 3.17. The van der Waals surface area contributed by atoms with Crippen LogP contribution in [0, 0.1) is 13.8 Å². The third kappa shape index (κ3) is 2.85. The van der Waals surface area contributed by atoms with Crippen LogP contribution in [0.5, 0.6) is 0 Å². The third-order valence-corrected chi connectivity index (χ3v) is 6.97. The zero-order valence-corrected chi connectivity index (χ0v) is 16.0. The smallest absolute Gasteiger partial charge is 0.256 e. The number of rotatable bonds is 2. The first-order chi connectivity index (χ1) is 12.2. The summed E-state index contributed by atoms with van der Waals surface area (Å²) in [5.41, 5.74) is 4.50. The average molecular weight is 392 g/mol. The van der Waals surface area contributed by atoms with Crippen LogP contribution >= 0.6 is 11.6 Å². The molecule has 0 radical (unpaired) electrons. The molecule has 6 nitrogen and oxygen atoms in total. The fourth-order valence-corrected chi connectivity index (χ4v) is 5.52. The lowest BCUT2D eigenvalue weighted by molar-refractivity contribution is -0.110. The van der Waals surface area contributed by atoms with Crippen LogP contribution in [0.4, 0.5) is 5.69 Å². The lowest BCUT2D eigenvalue weighted by Crippen LogP contribution is -2.14. The Labute approximate surface area is 156 Å². The molecule has 2 aliphatic heterocycles. The van der Waals surface area contributed by atoms with Crippen LogP contribution in [-0.2, 0) is 14.6 Å². The van der Waals surface area contributed by atoms with Crippen LogP contribution in [0.3, 0.4) is 0 Å². The molecular formula is C18H18ClN3O3S. The first-order valence-electron chi connectivity index (χ1n) is 8.34. The summed E-state index contributed by atoms with van der Waals surface area (Å²) in [4.78, 5) is 12.4. The van der Waals surface area contributed by atoms with E-state index in [1.165, 1.54) is 0 Å². The van der Waals surface area contributed by atoms with E-state index in [2.05, 4.69) is 10.4 Å². The molecule has 4 rings (SSSR count). The summed E-state index contributed by atoms with van der Waals surface area (Å²) in [7, 11) is -2.99. The van der Waals surface area contributed by atoms with Gasteiger partial charge in [0.2, 0.25) is 0 Å². The van der Waals surface area contributed by atoms with E-state index < -0.39 is 9.84 Å². The highest BCUT2D eigenvalue weighted by molar-refractivity contribution is 7.91. The number of sulfone groups is 1. The molecule has 3 heterocycles. The quantitative estimate of drug-likeness (QED) is 0.798. The Kier molecular flexibility index (Phi) is 3.96. The Bertz CT molecular complexity index is 1070. The molecule has 26 heavy (non-hydrogen) atoms. The summed E-state index contributed by atoms with van der Waals surface area (Å²) in [6.07, 6.45) is 2.38. The van der Waals surface area contributed by atoms with E-state index in [4.69, 9.17) is 11.6 Å². The standard InChI is InChI=1S/C18H18ClN3O3S/c1-10-14(11(2)22(21-10)13-5-6-26(24,25)9-13)8-16-15-7-12(19)3-4-17(15)20-18(16)23/h3-4,7-8,13H,5-6,9H2,1-2H3,(H,20,23)/b16-8-/t13-/m0/s1. The zero-order valence-electron chi connectivity index (χ0n) is 14.4. The van der Waals surface area contributed by atoms with Crippen LogP contribution in [0.25, 0.3) is 11.6 Å². The maximum absolute atomic E-state index is 12.4. The number of aromatic nitrogens is 2. The van der Waals surface area contributed by atoms with E-state index in [-0.39, 0.29) is 23.5 Å². The van der Waals surface area contributed by atoms with Gasteiger partial charge in [0, 0.05) is 33.1 Å². The molecule has 1 aromatic carbocycles. The van der Waals surface area contributed by atoms with Crippen LogP contribution in [0.15, 0.2) is 18.2 Å². The van der Waals surface area contributed by atoms with Crippen LogP contribution < -0.4 is 5.32 Å². The van der Waals surface area contributed by atoms with E-state index in [1.807, 2.05) is 19.9 Å². The van der Waals surface area contributed by atoms with Gasteiger partial charge in [-0.3, -0.25) is 9.48 Å². The molecule has 0 bridgehead atoms. The number of carbonyl (C=O) groups is 1. The molecule has 1 amide bonds. The molecule has 0 unspecified atom stereocenters. The topological polar surface area (TPSA) is 81.1 Å². The summed E-state index contributed by atoms with van der Waals surface area (Å²) >= 11 is 6.08. The fraction of sp³-hybridized carbons (Fsp3) is 0.333. The minimum atomic E-state index is -2.99. The molecule has 2 aliphatic rings. The van der Waals surface area contributed by atoms with Crippen LogP contribution in [0.2, 0.25) is 5.02 Å². The maximum Gasteiger partial charge on any atom is 0.256 e. The van der Waals surface area contributed by atoms with Gasteiger partial charge in [-0.05, 0) is 44.5 Å². The number of fused-ring (bicyclic) bond motifs is 1. The SMILES string of the molecule is Cc1nn([C@H]2CCS(=O)(=O)C2)c(C)c1/C=C1\C(=O)Nc2ccc(Cl)cc21. The number of hydrogen-bond donors (Lipinski definition) is 1. The van der Waals surface area contributed by atoms with Crippen molar-refractivity contribution in [3.05, 3.63) is 45.7 Å². The van der Waals surface area contributed by atoms with E-state index in [9.17, 15) is 13.2 Å². The highest BCUT2D eigenvalue weighted by atomic mass is 35.5. The van der Waals surface area contributed by atoms with Crippen molar-refractivity contribution < 1.29 is 13.2 Å². The van der Waals surface area contributed by atoms with Gasteiger partial charge in [0.05, 0.1) is 23.2 Å². The second-order valence-electron chi connectivity index (χ2n) is 6.79. The van der Waals surface area contributed by atoms with Crippen molar-refractivity contribution in [1.29, 1.82) is 0 Å². The molecule has 2 aromatic rings. The second kappa shape index (κ2) is 5.96. The molecule has 0 aliphatic carbocycles. The van der Waals surface area contributed by atoms with Gasteiger partial charge in [-0.15, -0.1) is 0 Å². The van der Waals surface area contributed by atoms with E-state index >= 15 is 0 Å². The lowest BCUT2D eigenvalue weighted by Gasteiger charge is -2.11.